The van der Waals surface area contributed by atoms with Crippen LogP contribution >= 0.6 is 0 Å². The van der Waals surface area contributed by atoms with E-state index in [4.69, 9.17) is 4.98 Å². The van der Waals surface area contributed by atoms with Gasteiger partial charge in [-0.15, -0.1) is 0 Å². The number of piperidine rings is 1. The molecule has 0 unspecified atom stereocenters. The minimum Gasteiger partial charge on any atom is -0.504 e. The number of benzene rings is 1. The van der Waals surface area contributed by atoms with E-state index in [0.717, 1.165) is 61.1 Å². The van der Waals surface area contributed by atoms with Gasteiger partial charge in [-0.2, -0.15) is 0 Å². The Balaban J connectivity index is 1.85. The van der Waals surface area contributed by atoms with Crippen molar-refractivity contribution in [2.24, 2.45) is 0 Å². The first-order valence-electron chi connectivity index (χ1n) is 9.07. The highest BCUT2D eigenvalue weighted by molar-refractivity contribution is 5.95. The number of nitrogens with zero attached hydrogens (tertiary/aromatic N) is 1. The normalized spacial score (nSPS) is 19.0. The Labute approximate surface area is 142 Å². The molecular weight excluding hydrogens is 302 g/mol. The van der Waals surface area contributed by atoms with Crippen molar-refractivity contribution in [2.45, 2.75) is 51.0 Å². The van der Waals surface area contributed by atoms with Gasteiger partial charge in [0.2, 0.25) is 0 Å². The second-order valence-corrected chi connectivity index (χ2v) is 7.00. The molecule has 5 nitrogen and oxygen atoms in total. The molecule has 4 rings (SSSR count). The summed E-state index contributed by atoms with van der Waals surface area (Å²) in [5, 5.41) is 27.9. The average Bonchev–Trinajstić information content (AvgIpc) is 2.83. The highest BCUT2D eigenvalue weighted by Gasteiger charge is 2.21. The standard InChI is InChI=1S/C19H25N3O2/c23-17-10-14-16(11-18(17)24)22-15-5-3-1-2-4-13(15)19(14)21-12-6-8-20-9-7-12/h10-12,20,23-24H,1-9H2,(H,21,22). The maximum absolute atomic E-state index is 9.99. The monoisotopic (exact) mass is 327 g/mol. The lowest BCUT2D eigenvalue weighted by Crippen LogP contribution is -2.35. The number of aromatic nitrogens is 1. The molecule has 128 valence electrons. The highest BCUT2D eigenvalue weighted by Crippen LogP contribution is 2.38. The van der Waals surface area contributed by atoms with Gasteiger partial charge in [0.25, 0.3) is 0 Å². The van der Waals surface area contributed by atoms with Gasteiger partial charge >= 0.3 is 0 Å². The van der Waals surface area contributed by atoms with Crippen LogP contribution < -0.4 is 10.6 Å². The summed E-state index contributed by atoms with van der Waals surface area (Å²) in [6.07, 6.45) is 7.82. The lowest BCUT2D eigenvalue weighted by atomic mass is 9.99. The third-order valence-corrected chi connectivity index (χ3v) is 5.30. The van der Waals surface area contributed by atoms with E-state index in [1.807, 2.05) is 0 Å². The summed E-state index contributed by atoms with van der Waals surface area (Å²) in [5.41, 5.74) is 4.35. The molecule has 2 heterocycles. The summed E-state index contributed by atoms with van der Waals surface area (Å²) >= 11 is 0. The maximum atomic E-state index is 9.99. The Morgan fingerprint density at radius 1 is 1.00 bits per heavy atom. The van der Waals surface area contributed by atoms with Crippen molar-refractivity contribution < 1.29 is 10.2 Å². The third-order valence-electron chi connectivity index (χ3n) is 5.30. The fourth-order valence-electron chi connectivity index (χ4n) is 3.96. The number of rotatable bonds is 2. The average molecular weight is 327 g/mol. The number of aromatic hydroxyl groups is 2. The van der Waals surface area contributed by atoms with Crippen LogP contribution in [0.1, 0.15) is 43.4 Å². The van der Waals surface area contributed by atoms with Crippen LogP contribution in [0.4, 0.5) is 5.69 Å². The van der Waals surface area contributed by atoms with E-state index < -0.39 is 0 Å². The maximum Gasteiger partial charge on any atom is 0.159 e. The minimum atomic E-state index is -0.101. The van der Waals surface area contributed by atoms with E-state index in [-0.39, 0.29) is 11.5 Å². The zero-order valence-electron chi connectivity index (χ0n) is 13.9. The van der Waals surface area contributed by atoms with Crippen molar-refractivity contribution in [1.29, 1.82) is 0 Å². The number of fused-ring (bicyclic) bond motifs is 2. The van der Waals surface area contributed by atoms with E-state index in [9.17, 15) is 10.2 Å². The molecule has 1 aliphatic heterocycles. The van der Waals surface area contributed by atoms with Gasteiger partial charge in [0.15, 0.2) is 11.5 Å². The zero-order chi connectivity index (χ0) is 16.5. The van der Waals surface area contributed by atoms with Gasteiger partial charge in [-0.1, -0.05) is 6.42 Å². The smallest absolute Gasteiger partial charge is 0.159 e. The van der Waals surface area contributed by atoms with Crippen LogP contribution in [0, 0.1) is 0 Å². The second kappa shape index (κ2) is 6.48. The summed E-state index contributed by atoms with van der Waals surface area (Å²) in [6.45, 7) is 2.07. The Hall–Kier alpha value is -2.01. The molecule has 0 radical (unpaired) electrons. The number of anilines is 1. The Morgan fingerprint density at radius 3 is 2.58 bits per heavy atom. The first-order chi connectivity index (χ1) is 11.7. The Kier molecular flexibility index (Phi) is 4.19. The fraction of sp³-hybridized carbons (Fsp3) is 0.526. The lowest BCUT2D eigenvalue weighted by Gasteiger charge is -2.27. The molecule has 1 saturated heterocycles. The van der Waals surface area contributed by atoms with Gasteiger partial charge in [-0.3, -0.25) is 4.98 Å². The number of hydrogen-bond donors (Lipinski definition) is 4. The molecule has 1 aliphatic carbocycles. The predicted octanol–water partition coefficient (Wildman–Crippen LogP) is 3.08. The molecule has 1 aromatic carbocycles. The van der Waals surface area contributed by atoms with Gasteiger partial charge in [0.1, 0.15) is 0 Å². The van der Waals surface area contributed by atoms with Crippen molar-refractivity contribution >= 4 is 16.6 Å². The van der Waals surface area contributed by atoms with Crippen LogP contribution in [0.25, 0.3) is 10.9 Å². The van der Waals surface area contributed by atoms with Crippen molar-refractivity contribution in [3.8, 4) is 11.5 Å². The van der Waals surface area contributed by atoms with E-state index >= 15 is 0 Å². The molecule has 4 N–H and O–H groups in total. The molecule has 1 fully saturated rings. The second-order valence-electron chi connectivity index (χ2n) is 7.00. The molecule has 1 aromatic heterocycles. The summed E-state index contributed by atoms with van der Waals surface area (Å²) in [6, 6.07) is 3.69. The van der Waals surface area contributed by atoms with E-state index in [0.29, 0.717) is 6.04 Å². The molecule has 0 amide bonds. The predicted molar refractivity (Wildman–Crippen MR) is 95.8 cm³/mol. The SMILES string of the molecule is Oc1cc2nc3c(c(NC4CCNCC4)c2cc1O)CCCCC3. The summed E-state index contributed by atoms with van der Waals surface area (Å²) < 4.78 is 0. The van der Waals surface area contributed by atoms with Crippen molar-refractivity contribution in [2.75, 3.05) is 18.4 Å². The van der Waals surface area contributed by atoms with Crippen LogP contribution in [0.2, 0.25) is 0 Å². The van der Waals surface area contributed by atoms with Gasteiger partial charge in [-0.05, 0) is 63.2 Å². The topological polar surface area (TPSA) is 77.4 Å². The molecule has 0 bridgehead atoms. The van der Waals surface area contributed by atoms with Crippen LogP contribution in [0.5, 0.6) is 11.5 Å². The number of aryl methyl sites for hydroxylation is 1. The minimum absolute atomic E-state index is 0.0776. The molecule has 2 aliphatic rings. The lowest BCUT2D eigenvalue weighted by molar-refractivity contribution is 0.405. The van der Waals surface area contributed by atoms with Crippen LogP contribution in [0.3, 0.4) is 0 Å². The molecule has 5 heteroatoms. The number of phenols is 2. The van der Waals surface area contributed by atoms with E-state index in [1.165, 1.54) is 24.8 Å². The Bertz CT molecular complexity index is 754. The molecule has 2 aromatic rings. The van der Waals surface area contributed by atoms with Crippen LogP contribution in [-0.4, -0.2) is 34.3 Å². The quantitative estimate of drug-likeness (QED) is 0.504. The third kappa shape index (κ3) is 2.88. The number of nitrogens with one attached hydrogen (secondary N) is 2. The fourth-order valence-corrected chi connectivity index (χ4v) is 3.96. The summed E-state index contributed by atoms with van der Waals surface area (Å²) in [7, 11) is 0. The van der Waals surface area contributed by atoms with Crippen molar-refractivity contribution in [3.63, 3.8) is 0 Å². The molecular formula is C19H25N3O2. The van der Waals surface area contributed by atoms with Gasteiger partial charge in [0.05, 0.1) is 5.52 Å². The van der Waals surface area contributed by atoms with Crippen molar-refractivity contribution in [1.82, 2.24) is 10.3 Å². The number of pyridine rings is 1. The number of hydrogen-bond acceptors (Lipinski definition) is 5. The Morgan fingerprint density at radius 2 is 1.75 bits per heavy atom. The first-order valence-corrected chi connectivity index (χ1v) is 9.07. The summed E-state index contributed by atoms with van der Waals surface area (Å²) in [4.78, 5) is 4.81. The highest BCUT2D eigenvalue weighted by atomic mass is 16.3. The van der Waals surface area contributed by atoms with Crippen LogP contribution in [0.15, 0.2) is 12.1 Å². The number of phenolic OH excluding ortho intramolecular Hbond substituents is 2. The first kappa shape index (κ1) is 15.5. The largest absolute Gasteiger partial charge is 0.504 e. The zero-order valence-corrected chi connectivity index (χ0v) is 13.9. The van der Waals surface area contributed by atoms with E-state index in [1.54, 1.807) is 12.1 Å². The molecule has 0 atom stereocenters. The molecule has 0 spiro atoms. The van der Waals surface area contributed by atoms with Crippen LogP contribution in [-0.2, 0) is 12.8 Å². The van der Waals surface area contributed by atoms with Gasteiger partial charge in [-0.25, -0.2) is 0 Å². The van der Waals surface area contributed by atoms with Gasteiger partial charge < -0.3 is 20.8 Å². The molecule has 24 heavy (non-hydrogen) atoms. The summed E-state index contributed by atoms with van der Waals surface area (Å²) in [5.74, 6) is -0.178. The van der Waals surface area contributed by atoms with Crippen molar-refractivity contribution in [3.05, 3.63) is 23.4 Å². The van der Waals surface area contributed by atoms with Gasteiger partial charge in [0, 0.05) is 28.9 Å². The molecule has 0 saturated carbocycles. The van der Waals surface area contributed by atoms with E-state index in [2.05, 4.69) is 10.6 Å².